The fourth-order valence-electron chi connectivity index (χ4n) is 4.06. The minimum absolute atomic E-state index is 0.0826. The normalized spacial score (nSPS) is 14.0. The van der Waals surface area contributed by atoms with Crippen molar-refractivity contribution in [2.24, 2.45) is 0 Å². The van der Waals surface area contributed by atoms with Crippen LogP contribution in [0.15, 0.2) is 23.4 Å². The molecular weight excluding hydrogens is 492 g/mol. The number of hydrogen-bond donors (Lipinski definition) is 1. The van der Waals surface area contributed by atoms with Crippen molar-refractivity contribution < 1.29 is 18.3 Å². The molecule has 0 saturated carbocycles. The van der Waals surface area contributed by atoms with E-state index >= 15 is 0 Å². The minimum Gasteiger partial charge on any atom is -0.480 e. The number of thiophene rings is 1. The van der Waals surface area contributed by atoms with E-state index in [-0.39, 0.29) is 17.4 Å². The molecule has 3 aromatic rings. The summed E-state index contributed by atoms with van der Waals surface area (Å²) in [5.41, 5.74) is 1.67. The van der Waals surface area contributed by atoms with Gasteiger partial charge in [-0.1, -0.05) is 18.2 Å². The van der Waals surface area contributed by atoms with Crippen LogP contribution in [0.5, 0.6) is 5.75 Å². The van der Waals surface area contributed by atoms with Crippen molar-refractivity contribution in [1.82, 2.24) is 14.8 Å². The molecule has 184 valence electrons. The van der Waals surface area contributed by atoms with Gasteiger partial charge in [-0.05, 0) is 57.2 Å². The highest BCUT2D eigenvalue weighted by molar-refractivity contribution is 7.99. The summed E-state index contributed by atoms with van der Waals surface area (Å²) < 4.78 is 34.6. The molecular formula is C24H25F2N5O2S2. The smallest absolute Gasteiger partial charge is 0.235 e. The number of benzene rings is 1. The highest BCUT2D eigenvalue weighted by atomic mass is 32.2. The van der Waals surface area contributed by atoms with E-state index in [1.165, 1.54) is 34.0 Å². The largest absolute Gasteiger partial charge is 0.480 e. The Morgan fingerprint density at radius 1 is 1.31 bits per heavy atom. The summed E-state index contributed by atoms with van der Waals surface area (Å²) in [5, 5.41) is 22.0. The summed E-state index contributed by atoms with van der Waals surface area (Å²) in [6, 6.07) is 5.39. The number of anilines is 1. The zero-order chi connectivity index (χ0) is 24.9. The van der Waals surface area contributed by atoms with Gasteiger partial charge in [0.05, 0.1) is 11.3 Å². The molecule has 1 unspecified atom stereocenters. The van der Waals surface area contributed by atoms with Gasteiger partial charge in [0.2, 0.25) is 5.91 Å². The molecule has 35 heavy (non-hydrogen) atoms. The van der Waals surface area contributed by atoms with Crippen molar-refractivity contribution in [3.05, 3.63) is 51.7 Å². The Bertz CT molecular complexity index is 1270. The third-order valence-electron chi connectivity index (χ3n) is 5.74. The van der Waals surface area contributed by atoms with Crippen molar-refractivity contribution in [2.75, 3.05) is 11.1 Å². The van der Waals surface area contributed by atoms with E-state index in [0.29, 0.717) is 28.1 Å². The number of halogens is 2. The Kier molecular flexibility index (Phi) is 8.03. The predicted octanol–water partition coefficient (Wildman–Crippen LogP) is 5.65. The van der Waals surface area contributed by atoms with E-state index in [0.717, 1.165) is 49.8 Å². The second kappa shape index (κ2) is 11.2. The first-order valence-corrected chi connectivity index (χ1v) is 13.2. The van der Waals surface area contributed by atoms with E-state index in [9.17, 15) is 18.8 Å². The first kappa shape index (κ1) is 25.1. The molecule has 11 heteroatoms. The average Bonchev–Trinajstić information content (AvgIpc) is 3.31. The lowest BCUT2D eigenvalue weighted by Crippen LogP contribution is -2.15. The molecule has 4 rings (SSSR count). The van der Waals surface area contributed by atoms with Gasteiger partial charge in [0, 0.05) is 17.5 Å². The lowest BCUT2D eigenvalue weighted by Gasteiger charge is -2.16. The topological polar surface area (TPSA) is 92.8 Å². The summed E-state index contributed by atoms with van der Waals surface area (Å²) in [5.74, 6) is -1.24. The number of nitriles is 1. The van der Waals surface area contributed by atoms with E-state index in [1.807, 2.05) is 6.92 Å². The zero-order valence-corrected chi connectivity index (χ0v) is 21.1. The molecule has 2 aromatic heterocycles. The van der Waals surface area contributed by atoms with Gasteiger partial charge in [-0.2, -0.15) is 5.26 Å². The van der Waals surface area contributed by atoms with Crippen molar-refractivity contribution in [3.63, 3.8) is 0 Å². The Balaban J connectivity index is 1.41. The van der Waals surface area contributed by atoms with Crippen LogP contribution in [0.1, 0.15) is 61.0 Å². The van der Waals surface area contributed by atoms with Crippen LogP contribution in [0.25, 0.3) is 0 Å². The van der Waals surface area contributed by atoms with E-state index < -0.39 is 17.7 Å². The fourth-order valence-corrected chi connectivity index (χ4v) is 6.13. The highest BCUT2D eigenvalue weighted by Gasteiger charge is 2.23. The number of carbonyl (C=O) groups excluding carboxylic acids is 1. The molecule has 1 atom stereocenters. The minimum atomic E-state index is -0.798. The number of amides is 1. The van der Waals surface area contributed by atoms with Crippen molar-refractivity contribution in [3.8, 4) is 11.8 Å². The molecule has 1 aliphatic carbocycles. The number of nitrogens with one attached hydrogen (secondary N) is 1. The van der Waals surface area contributed by atoms with Gasteiger partial charge in [0.25, 0.3) is 0 Å². The SMILES string of the molecule is CCn1c(SCC(=O)Nc2sc3c(c2C#N)CCCCC3)nnc1C(C)Oc1ccc(F)cc1F. The van der Waals surface area contributed by atoms with Gasteiger partial charge in [-0.3, -0.25) is 4.79 Å². The molecule has 1 aromatic carbocycles. The quantitative estimate of drug-likeness (QED) is 0.307. The highest BCUT2D eigenvalue weighted by Crippen LogP contribution is 2.37. The van der Waals surface area contributed by atoms with Crippen molar-refractivity contribution >= 4 is 34.0 Å². The number of fused-ring (bicyclic) bond motifs is 1. The lowest BCUT2D eigenvalue weighted by molar-refractivity contribution is -0.113. The molecule has 1 aliphatic rings. The molecule has 7 nitrogen and oxygen atoms in total. The Labute approximate surface area is 210 Å². The molecule has 0 saturated heterocycles. The van der Waals surface area contributed by atoms with Gasteiger partial charge >= 0.3 is 0 Å². The molecule has 1 N–H and O–H groups in total. The Hall–Kier alpha value is -2.97. The van der Waals surface area contributed by atoms with Crippen LogP contribution < -0.4 is 10.1 Å². The maximum atomic E-state index is 14.0. The van der Waals surface area contributed by atoms with Crippen LogP contribution in [-0.4, -0.2) is 26.4 Å². The third kappa shape index (κ3) is 5.65. The fraction of sp³-hybridized carbons (Fsp3) is 0.417. The van der Waals surface area contributed by atoms with Crippen LogP contribution in [-0.2, 0) is 24.2 Å². The summed E-state index contributed by atoms with van der Waals surface area (Å²) >= 11 is 2.72. The lowest BCUT2D eigenvalue weighted by atomic mass is 10.1. The number of rotatable bonds is 8. The van der Waals surface area contributed by atoms with Gasteiger partial charge in [0.15, 0.2) is 28.7 Å². The number of ether oxygens (including phenoxy) is 1. The predicted molar refractivity (Wildman–Crippen MR) is 131 cm³/mol. The zero-order valence-electron chi connectivity index (χ0n) is 19.4. The molecule has 0 aliphatic heterocycles. The molecule has 1 amide bonds. The van der Waals surface area contributed by atoms with Crippen LogP contribution >= 0.6 is 23.1 Å². The average molecular weight is 518 g/mol. The summed E-state index contributed by atoms with van der Waals surface area (Å²) in [6.07, 6.45) is 4.50. The molecule has 0 bridgehead atoms. The number of nitrogens with zero attached hydrogens (tertiary/aromatic N) is 4. The second-order valence-electron chi connectivity index (χ2n) is 8.14. The van der Waals surface area contributed by atoms with E-state index in [4.69, 9.17) is 4.74 Å². The molecule has 0 spiro atoms. The summed E-state index contributed by atoms with van der Waals surface area (Å²) in [7, 11) is 0. The second-order valence-corrected chi connectivity index (χ2v) is 10.2. The maximum absolute atomic E-state index is 14.0. The number of carbonyl (C=O) groups is 1. The van der Waals surface area contributed by atoms with Gasteiger partial charge < -0.3 is 14.6 Å². The molecule has 2 heterocycles. The summed E-state index contributed by atoms with van der Waals surface area (Å²) in [6.45, 7) is 4.12. The third-order valence-corrected chi connectivity index (χ3v) is 7.92. The monoisotopic (exact) mass is 517 g/mol. The van der Waals surface area contributed by atoms with Crippen molar-refractivity contribution in [1.29, 1.82) is 5.26 Å². The van der Waals surface area contributed by atoms with Crippen molar-refractivity contribution in [2.45, 2.75) is 63.8 Å². The summed E-state index contributed by atoms with van der Waals surface area (Å²) in [4.78, 5) is 13.9. The molecule has 0 fully saturated rings. The molecule has 0 radical (unpaired) electrons. The number of thioether (sulfide) groups is 1. The van der Waals surface area contributed by atoms with Gasteiger partial charge in [-0.15, -0.1) is 21.5 Å². The van der Waals surface area contributed by atoms with Crippen LogP contribution in [0.2, 0.25) is 0 Å². The van der Waals surface area contributed by atoms with Gasteiger partial charge in [0.1, 0.15) is 16.9 Å². The van der Waals surface area contributed by atoms with Crippen LogP contribution in [0.4, 0.5) is 13.8 Å². The number of aryl methyl sites for hydroxylation is 1. The number of aromatic nitrogens is 3. The first-order chi connectivity index (χ1) is 16.9. The van der Waals surface area contributed by atoms with E-state index in [2.05, 4.69) is 21.6 Å². The van der Waals surface area contributed by atoms with Crippen LogP contribution in [0, 0.1) is 23.0 Å². The van der Waals surface area contributed by atoms with E-state index in [1.54, 1.807) is 11.5 Å². The standard InChI is InChI=1S/C24H25F2N5O2S2/c1-3-31-22(14(2)33-19-10-9-15(25)11-18(19)26)29-30-24(31)34-13-21(32)28-23-17(12-27)16-7-5-4-6-8-20(16)35-23/h9-11,14H,3-8,13H2,1-2H3,(H,28,32). The van der Waals surface area contributed by atoms with Crippen LogP contribution in [0.3, 0.4) is 0 Å². The van der Waals surface area contributed by atoms with Gasteiger partial charge in [-0.25, -0.2) is 8.78 Å². The first-order valence-electron chi connectivity index (χ1n) is 11.4. The maximum Gasteiger partial charge on any atom is 0.235 e. The number of hydrogen-bond acceptors (Lipinski definition) is 7. The Morgan fingerprint density at radius 3 is 2.86 bits per heavy atom. The Morgan fingerprint density at radius 2 is 2.11 bits per heavy atom.